The van der Waals surface area contributed by atoms with E-state index in [1.54, 1.807) is 18.0 Å². The van der Waals surface area contributed by atoms with Crippen molar-refractivity contribution in [2.24, 2.45) is 0 Å². The second kappa shape index (κ2) is 9.12. The number of aliphatic hydroxyl groups excluding tert-OH is 1. The molecule has 0 bridgehead atoms. The van der Waals surface area contributed by atoms with E-state index in [-0.39, 0.29) is 24.3 Å². The summed E-state index contributed by atoms with van der Waals surface area (Å²) >= 11 is 0. The highest BCUT2D eigenvalue weighted by molar-refractivity contribution is 5.75. The third kappa shape index (κ3) is 5.35. The molecular formula is C22H25F4N5O2. The number of alkyl halides is 3. The summed E-state index contributed by atoms with van der Waals surface area (Å²) in [6.45, 7) is 2.26. The topological polar surface area (TPSA) is 90.4 Å². The monoisotopic (exact) mass is 467 g/mol. The number of carbonyl (C=O) groups excluding carboxylic acids is 1. The lowest BCUT2D eigenvalue weighted by Crippen LogP contribution is -2.44. The number of rotatable bonds is 4. The van der Waals surface area contributed by atoms with Crippen LogP contribution in [0.25, 0.3) is 0 Å². The molecule has 0 saturated heterocycles. The van der Waals surface area contributed by atoms with Gasteiger partial charge in [0.05, 0.1) is 29.9 Å². The summed E-state index contributed by atoms with van der Waals surface area (Å²) in [7, 11) is 0. The number of aliphatic hydroxyl groups is 1. The smallest absolute Gasteiger partial charge is 0.393 e. The van der Waals surface area contributed by atoms with Gasteiger partial charge in [0.1, 0.15) is 5.82 Å². The molecule has 2 aromatic rings. The minimum atomic E-state index is -4.77. The minimum Gasteiger partial charge on any atom is -0.393 e. The van der Waals surface area contributed by atoms with Gasteiger partial charge in [-0.3, -0.25) is 0 Å². The lowest BCUT2D eigenvalue weighted by atomic mass is 10.0. The number of halogens is 4. The lowest BCUT2D eigenvalue weighted by Gasteiger charge is -2.29. The number of amides is 2. The molecule has 0 unspecified atom stereocenters. The quantitative estimate of drug-likeness (QED) is 0.596. The molecule has 4 rings (SSSR count). The Kier molecular flexibility index (Phi) is 6.42. The lowest BCUT2D eigenvalue weighted by molar-refractivity contribution is -0.140. The van der Waals surface area contributed by atoms with Crippen molar-refractivity contribution in [2.45, 2.75) is 63.5 Å². The largest absolute Gasteiger partial charge is 0.419 e. The van der Waals surface area contributed by atoms with Crippen LogP contribution < -0.4 is 10.6 Å². The summed E-state index contributed by atoms with van der Waals surface area (Å²) in [4.78, 5) is 23.2. The van der Waals surface area contributed by atoms with Crippen molar-refractivity contribution in [1.82, 2.24) is 20.2 Å². The van der Waals surface area contributed by atoms with Crippen LogP contribution in [0.15, 0.2) is 24.4 Å². The molecule has 7 nitrogen and oxygen atoms in total. The number of fused-ring (bicyclic) bond motifs is 1. The van der Waals surface area contributed by atoms with E-state index in [0.717, 1.165) is 30.5 Å². The van der Waals surface area contributed by atoms with Crippen LogP contribution in [-0.2, 0) is 19.1 Å². The Labute approximate surface area is 188 Å². The predicted octanol–water partition coefficient (Wildman–Crippen LogP) is 3.79. The van der Waals surface area contributed by atoms with Crippen molar-refractivity contribution in [3.63, 3.8) is 0 Å². The highest BCUT2D eigenvalue weighted by Crippen LogP contribution is 2.32. The second-order valence-electron chi connectivity index (χ2n) is 8.55. The Bertz CT molecular complexity index is 1030. The Morgan fingerprint density at radius 1 is 1.30 bits per heavy atom. The molecule has 3 atom stereocenters. The first-order chi connectivity index (χ1) is 15.6. The van der Waals surface area contributed by atoms with Crippen molar-refractivity contribution in [1.29, 1.82) is 0 Å². The van der Waals surface area contributed by atoms with Crippen LogP contribution in [0.3, 0.4) is 0 Å². The van der Waals surface area contributed by atoms with Crippen LogP contribution in [0.5, 0.6) is 0 Å². The third-order valence-corrected chi connectivity index (χ3v) is 6.11. The van der Waals surface area contributed by atoms with Crippen molar-refractivity contribution in [3.8, 4) is 0 Å². The second-order valence-corrected chi connectivity index (χ2v) is 8.55. The van der Waals surface area contributed by atoms with Gasteiger partial charge in [-0.05, 0) is 55.9 Å². The first-order valence-corrected chi connectivity index (χ1v) is 10.8. The average Bonchev–Trinajstić information content (AvgIpc) is 3.16. The zero-order valence-electron chi connectivity index (χ0n) is 18.0. The Morgan fingerprint density at radius 3 is 2.76 bits per heavy atom. The fourth-order valence-corrected chi connectivity index (χ4v) is 4.21. The van der Waals surface area contributed by atoms with Gasteiger partial charge in [0.25, 0.3) is 0 Å². The molecule has 178 valence electrons. The van der Waals surface area contributed by atoms with Gasteiger partial charge < -0.3 is 20.6 Å². The molecule has 1 saturated carbocycles. The third-order valence-electron chi connectivity index (χ3n) is 6.11. The van der Waals surface area contributed by atoms with Crippen molar-refractivity contribution in [3.05, 3.63) is 52.6 Å². The minimum absolute atomic E-state index is 0.103. The summed E-state index contributed by atoms with van der Waals surface area (Å²) in [5.74, 6) is -0.928. The number of aromatic nitrogens is 2. The SMILES string of the molecule is C[C@@H](NC(=O)N1CCc2cnc(N[C@H]3CC[C@H](O)C3)nc2C1)c1ccc(C(F)(F)F)c(F)c1. The van der Waals surface area contributed by atoms with Gasteiger partial charge in [-0.25, -0.2) is 19.2 Å². The summed E-state index contributed by atoms with van der Waals surface area (Å²) in [5.41, 5.74) is 0.544. The van der Waals surface area contributed by atoms with Crippen molar-refractivity contribution in [2.75, 3.05) is 11.9 Å². The number of hydrogen-bond acceptors (Lipinski definition) is 5. The zero-order valence-corrected chi connectivity index (χ0v) is 18.0. The number of carbonyl (C=O) groups is 1. The summed E-state index contributed by atoms with van der Waals surface area (Å²) in [5, 5.41) is 15.6. The summed E-state index contributed by atoms with van der Waals surface area (Å²) in [6.07, 6.45) is -0.593. The molecule has 2 heterocycles. The van der Waals surface area contributed by atoms with Gasteiger partial charge in [0, 0.05) is 18.8 Å². The van der Waals surface area contributed by atoms with E-state index in [0.29, 0.717) is 37.1 Å². The molecule has 2 amide bonds. The molecule has 1 aliphatic carbocycles. The molecule has 1 aliphatic heterocycles. The standard InChI is InChI=1S/C22H25F4N5O2/c1-12(13-2-5-17(18(23)8-13)22(24,25)26)28-21(33)31-7-6-14-10-27-20(30-19(14)11-31)29-15-3-4-16(32)9-15/h2,5,8,10,12,15-16,32H,3-4,6-7,9,11H2,1H3,(H,28,33)(H,27,29,30)/t12-,15+,16+/m1/s1. The van der Waals surface area contributed by atoms with E-state index in [2.05, 4.69) is 20.6 Å². The first-order valence-electron chi connectivity index (χ1n) is 10.8. The van der Waals surface area contributed by atoms with Gasteiger partial charge in [0.2, 0.25) is 5.95 Å². The van der Waals surface area contributed by atoms with Gasteiger partial charge >= 0.3 is 12.2 Å². The molecule has 3 N–H and O–H groups in total. The van der Waals surface area contributed by atoms with E-state index in [4.69, 9.17) is 0 Å². The number of benzene rings is 1. The molecule has 11 heteroatoms. The van der Waals surface area contributed by atoms with Crippen LogP contribution in [0.2, 0.25) is 0 Å². The molecule has 0 radical (unpaired) electrons. The molecule has 33 heavy (non-hydrogen) atoms. The van der Waals surface area contributed by atoms with Crippen LogP contribution in [0.4, 0.5) is 28.3 Å². The van der Waals surface area contributed by atoms with Gasteiger partial charge in [-0.15, -0.1) is 0 Å². The number of hydrogen-bond donors (Lipinski definition) is 3. The van der Waals surface area contributed by atoms with E-state index in [1.807, 2.05) is 0 Å². The molecule has 1 fully saturated rings. The summed E-state index contributed by atoms with van der Waals surface area (Å²) < 4.78 is 52.2. The fraction of sp³-hybridized carbons (Fsp3) is 0.500. The van der Waals surface area contributed by atoms with E-state index in [9.17, 15) is 27.5 Å². The van der Waals surface area contributed by atoms with Crippen LogP contribution in [-0.4, -0.2) is 44.7 Å². The fourth-order valence-electron chi connectivity index (χ4n) is 4.21. The maximum Gasteiger partial charge on any atom is 0.419 e. The molecular weight excluding hydrogens is 442 g/mol. The molecule has 2 aliphatic rings. The Morgan fingerprint density at radius 2 is 2.09 bits per heavy atom. The van der Waals surface area contributed by atoms with Crippen LogP contribution in [0.1, 0.15) is 54.6 Å². The van der Waals surface area contributed by atoms with Crippen LogP contribution in [0, 0.1) is 5.82 Å². The number of nitrogens with one attached hydrogen (secondary N) is 2. The molecule has 1 aromatic carbocycles. The van der Waals surface area contributed by atoms with E-state index >= 15 is 0 Å². The van der Waals surface area contributed by atoms with E-state index in [1.165, 1.54) is 0 Å². The highest BCUT2D eigenvalue weighted by atomic mass is 19.4. The Balaban J connectivity index is 1.39. The first kappa shape index (κ1) is 23.2. The zero-order chi connectivity index (χ0) is 23.8. The molecule has 1 aromatic heterocycles. The summed E-state index contributed by atoms with van der Waals surface area (Å²) in [6, 6.07) is 1.63. The Hall–Kier alpha value is -2.95. The molecule has 0 spiro atoms. The average molecular weight is 467 g/mol. The van der Waals surface area contributed by atoms with Gasteiger partial charge in [-0.2, -0.15) is 13.2 Å². The van der Waals surface area contributed by atoms with Crippen molar-refractivity contribution >= 4 is 12.0 Å². The maximum absolute atomic E-state index is 13.9. The number of anilines is 1. The predicted molar refractivity (Wildman–Crippen MR) is 112 cm³/mol. The van der Waals surface area contributed by atoms with Crippen LogP contribution >= 0.6 is 0 Å². The number of urea groups is 1. The van der Waals surface area contributed by atoms with Gasteiger partial charge in [-0.1, -0.05) is 6.07 Å². The number of nitrogens with zero attached hydrogens (tertiary/aromatic N) is 3. The van der Waals surface area contributed by atoms with E-state index < -0.39 is 29.6 Å². The highest BCUT2D eigenvalue weighted by Gasteiger charge is 2.34. The maximum atomic E-state index is 13.9. The normalized spacial score (nSPS) is 21.5. The van der Waals surface area contributed by atoms with Gasteiger partial charge in [0.15, 0.2) is 0 Å². The van der Waals surface area contributed by atoms with Crippen molar-refractivity contribution < 1.29 is 27.5 Å².